The third-order valence-electron chi connectivity index (χ3n) is 1.77. The van der Waals surface area contributed by atoms with E-state index in [0.717, 1.165) is 14.5 Å². The fourth-order valence-electron chi connectivity index (χ4n) is 1.04. The lowest BCUT2D eigenvalue weighted by molar-refractivity contribution is -0.142. The van der Waals surface area contributed by atoms with Gasteiger partial charge in [-0.15, -0.1) is 0 Å². The van der Waals surface area contributed by atoms with Gasteiger partial charge in [0.2, 0.25) is 0 Å². The van der Waals surface area contributed by atoms with Crippen molar-refractivity contribution in [2.75, 3.05) is 0 Å². The first-order chi connectivity index (χ1) is 7.04. The molecule has 0 N–H and O–H groups in total. The van der Waals surface area contributed by atoms with Crippen LogP contribution in [0.25, 0.3) is 0 Å². The van der Waals surface area contributed by atoms with Crippen LogP contribution in [0.3, 0.4) is 0 Å². The Morgan fingerprint density at radius 1 is 1.40 bits per heavy atom. The normalized spacial score (nSPS) is 10.1. The number of halogens is 3. The number of rotatable bonds is 3. The third-order valence-corrected chi connectivity index (χ3v) is 3.19. The maximum absolute atomic E-state index is 12.4. The number of alkyl halides is 1. The van der Waals surface area contributed by atoms with Gasteiger partial charge in [0, 0.05) is 21.4 Å². The highest BCUT2D eigenvalue weighted by atomic mass is 79.9. The second kappa shape index (κ2) is 5.61. The van der Waals surface area contributed by atoms with Gasteiger partial charge in [0.1, 0.15) is 13.3 Å². The molecule has 0 aliphatic carbocycles. The van der Waals surface area contributed by atoms with E-state index in [-0.39, 0.29) is 12.6 Å². The fourth-order valence-corrected chi connectivity index (χ4v) is 2.55. The number of benzene rings is 1. The highest BCUT2D eigenvalue weighted by Gasteiger charge is 2.08. The molecule has 0 saturated heterocycles. The quantitative estimate of drug-likeness (QED) is 0.784. The van der Waals surface area contributed by atoms with Gasteiger partial charge in [-0.05, 0) is 17.7 Å². The summed E-state index contributed by atoms with van der Waals surface area (Å²) in [6.07, 6.45) is 0. The average molecular weight is 340 g/mol. The van der Waals surface area contributed by atoms with Crippen molar-refractivity contribution in [1.82, 2.24) is 0 Å². The molecule has 0 amide bonds. The number of hydrogen-bond acceptors (Lipinski definition) is 2. The van der Waals surface area contributed by atoms with Gasteiger partial charge in [0.15, 0.2) is 0 Å². The topological polar surface area (TPSA) is 26.3 Å². The van der Waals surface area contributed by atoms with E-state index in [1.54, 1.807) is 12.1 Å². The van der Waals surface area contributed by atoms with Gasteiger partial charge in [-0.2, -0.15) is 0 Å². The van der Waals surface area contributed by atoms with Gasteiger partial charge in [-0.3, -0.25) is 4.79 Å². The Morgan fingerprint density at radius 3 is 2.33 bits per heavy atom. The lowest BCUT2D eigenvalue weighted by atomic mass is 10.1. The molecule has 0 radical (unpaired) electrons. The molecule has 1 aromatic carbocycles. The molecule has 0 fully saturated rings. The number of hydrogen-bond donors (Lipinski definition) is 0. The minimum atomic E-state index is -0.523. The van der Waals surface area contributed by atoms with E-state index < -0.39 is 6.67 Å². The smallest absolute Gasteiger partial charge is 0.302 e. The predicted octanol–water partition coefficient (Wildman–Crippen LogP) is 3.74. The highest BCUT2D eigenvalue weighted by molar-refractivity contribution is 9.11. The summed E-state index contributed by atoms with van der Waals surface area (Å²) in [6.45, 7) is 0.992. The van der Waals surface area contributed by atoms with E-state index in [1.165, 1.54) is 6.92 Å². The Morgan fingerprint density at radius 2 is 1.93 bits per heavy atom. The maximum Gasteiger partial charge on any atom is 0.302 e. The van der Waals surface area contributed by atoms with Crippen LogP contribution in [0.4, 0.5) is 4.39 Å². The number of carbonyl (C=O) groups excluding carboxylic acids is 1. The van der Waals surface area contributed by atoms with Crippen LogP contribution in [0.1, 0.15) is 18.1 Å². The van der Waals surface area contributed by atoms with Gasteiger partial charge in [0.05, 0.1) is 0 Å². The summed E-state index contributed by atoms with van der Waals surface area (Å²) in [6, 6.07) is 3.34. The second-order valence-electron chi connectivity index (χ2n) is 2.95. The minimum absolute atomic E-state index is 0.170. The Kier molecular flexibility index (Phi) is 4.73. The van der Waals surface area contributed by atoms with Crippen molar-refractivity contribution in [3.05, 3.63) is 32.2 Å². The number of esters is 1. The van der Waals surface area contributed by atoms with Crippen LogP contribution in [0.15, 0.2) is 21.1 Å². The minimum Gasteiger partial charge on any atom is -0.461 e. The van der Waals surface area contributed by atoms with E-state index in [4.69, 9.17) is 4.74 Å². The van der Waals surface area contributed by atoms with Crippen molar-refractivity contribution in [3.63, 3.8) is 0 Å². The van der Waals surface area contributed by atoms with Crippen LogP contribution in [0, 0.1) is 0 Å². The molecule has 0 heterocycles. The van der Waals surface area contributed by atoms with Gasteiger partial charge in [-0.25, -0.2) is 4.39 Å². The van der Waals surface area contributed by atoms with E-state index >= 15 is 0 Å². The van der Waals surface area contributed by atoms with Crippen LogP contribution < -0.4 is 0 Å². The van der Waals surface area contributed by atoms with Crippen LogP contribution in [0.2, 0.25) is 0 Å². The summed E-state index contributed by atoms with van der Waals surface area (Å²) >= 11 is 6.60. The number of ether oxygens (including phenoxy) is 1. The SMILES string of the molecule is CC(=O)OCc1c(Br)cc(CF)cc1Br. The second-order valence-corrected chi connectivity index (χ2v) is 4.66. The summed E-state index contributed by atoms with van der Waals surface area (Å²) in [5.41, 5.74) is 1.36. The molecule has 2 nitrogen and oxygen atoms in total. The number of carbonyl (C=O) groups is 1. The molecule has 1 rings (SSSR count). The van der Waals surface area contributed by atoms with Crippen LogP contribution in [0.5, 0.6) is 0 Å². The monoisotopic (exact) mass is 338 g/mol. The Balaban J connectivity index is 2.92. The van der Waals surface area contributed by atoms with Crippen molar-refractivity contribution < 1.29 is 13.9 Å². The first kappa shape index (κ1) is 12.6. The fraction of sp³-hybridized carbons (Fsp3) is 0.300. The third kappa shape index (κ3) is 3.57. The molecule has 0 aliphatic heterocycles. The molecule has 0 aromatic heterocycles. The molecule has 0 bridgehead atoms. The van der Waals surface area contributed by atoms with Gasteiger partial charge >= 0.3 is 5.97 Å². The summed E-state index contributed by atoms with van der Waals surface area (Å²) in [5, 5.41) is 0. The molecule has 5 heteroatoms. The zero-order valence-corrected chi connectivity index (χ0v) is 11.2. The molecular formula is C10H9Br2FO2. The molecule has 1 aromatic rings. The highest BCUT2D eigenvalue weighted by Crippen LogP contribution is 2.28. The van der Waals surface area contributed by atoms with Crippen LogP contribution in [-0.4, -0.2) is 5.97 Å². The van der Waals surface area contributed by atoms with Crippen LogP contribution in [-0.2, 0) is 22.8 Å². The lowest BCUT2D eigenvalue weighted by Crippen LogP contribution is -2.00. The maximum atomic E-state index is 12.4. The first-order valence-corrected chi connectivity index (χ1v) is 5.79. The predicted molar refractivity (Wildman–Crippen MR) is 62.1 cm³/mol. The molecule has 0 saturated carbocycles. The van der Waals surface area contributed by atoms with Crippen molar-refractivity contribution in [1.29, 1.82) is 0 Å². The van der Waals surface area contributed by atoms with E-state index in [2.05, 4.69) is 31.9 Å². The van der Waals surface area contributed by atoms with Crippen molar-refractivity contribution in [2.24, 2.45) is 0 Å². The van der Waals surface area contributed by atoms with E-state index in [1.807, 2.05) is 0 Å². The largest absolute Gasteiger partial charge is 0.461 e. The molecule has 82 valence electrons. The van der Waals surface area contributed by atoms with Gasteiger partial charge in [0.25, 0.3) is 0 Å². The summed E-state index contributed by atoms with van der Waals surface area (Å²) in [4.78, 5) is 10.6. The molecule has 0 unspecified atom stereocenters. The Hall–Kier alpha value is -0.420. The molecule has 0 atom stereocenters. The average Bonchev–Trinajstić information content (AvgIpc) is 2.15. The Bertz CT molecular complexity index is 357. The first-order valence-electron chi connectivity index (χ1n) is 4.20. The van der Waals surface area contributed by atoms with Crippen molar-refractivity contribution >= 4 is 37.8 Å². The van der Waals surface area contributed by atoms with Gasteiger partial charge < -0.3 is 4.74 Å². The van der Waals surface area contributed by atoms with Crippen LogP contribution >= 0.6 is 31.9 Å². The summed E-state index contributed by atoms with van der Waals surface area (Å²) in [7, 11) is 0. The molecular weight excluding hydrogens is 331 g/mol. The van der Waals surface area contributed by atoms with Gasteiger partial charge in [-0.1, -0.05) is 31.9 Å². The zero-order chi connectivity index (χ0) is 11.4. The summed E-state index contributed by atoms with van der Waals surface area (Å²) in [5.74, 6) is -0.344. The zero-order valence-electron chi connectivity index (χ0n) is 8.02. The van der Waals surface area contributed by atoms with Crippen molar-refractivity contribution in [2.45, 2.75) is 20.2 Å². The van der Waals surface area contributed by atoms with Crippen molar-refractivity contribution in [3.8, 4) is 0 Å². The summed E-state index contributed by atoms with van der Waals surface area (Å²) < 4.78 is 18.7. The molecule has 0 aliphatic rings. The Labute approximate surface area is 104 Å². The van der Waals surface area contributed by atoms with E-state index in [9.17, 15) is 9.18 Å². The standard InChI is InChI=1S/C10H9Br2FO2/c1-6(14)15-5-8-9(11)2-7(4-13)3-10(8)12/h2-3H,4-5H2,1H3. The lowest BCUT2D eigenvalue weighted by Gasteiger charge is -2.09. The van der Waals surface area contributed by atoms with E-state index in [0.29, 0.717) is 5.56 Å². The molecule has 15 heavy (non-hydrogen) atoms. The molecule has 0 spiro atoms.